The van der Waals surface area contributed by atoms with Gasteiger partial charge in [0.2, 0.25) is 0 Å². The van der Waals surface area contributed by atoms with Crippen molar-refractivity contribution in [3.8, 4) is 16.9 Å². The summed E-state index contributed by atoms with van der Waals surface area (Å²) >= 11 is 6.49. The van der Waals surface area contributed by atoms with E-state index >= 15 is 0 Å². The third-order valence-electron chi connectivity index (χ3n) is 4.96. The Bertz CT molecular complexity index is 1070. The van der Waals surface area contributed by atoms with E-state index < -0.39 is 0 Å². The number of aromatic nitrogens is 1. The summed E-state index contributed by atoms with van der Waals surface area (Å²) in [5, 5.41) is 3.39. The topological polar surface area (TPSA) is 51.2 Å². The third kappa shape index (κ3) is 4.86. The number of aryl methyl sites for hydroxylation is 1. The Labute approximate surface area is 181 Å². The monoisotopic (exact) mass is 426 g/mol. The van der Waals surface area contributed by atoms with E-state index in [2.05, 4.69) is 10.3 Å². The first-order chi connectivity index (χ1) is 14.4. The number of aldehydes is 1. The maximum atomic E-state index is 14.8. The molecule has 1 aromatic heterocycles. The summed E-state index contributed by atoms with van der Waals surface area (Å²) in [5.41, 5.74) is 5.01. The van der Waals surface area contributed by atoms with Crippen LogP contribution in [0.4, 0.5) is 4.39 Å². The van der Waals surface area contributed by atoms with Gasteiger partial charge in [0.15, 0.2) is 6.29 Å². The summed E-state index contributed by atoms with van der Waals surface area (Å²) < 4.78 is 20.5. The molecule has 0 saturated heterocycles. The standard InChI is InChI=1S/C24H24ClFN2O2/c1-15-10-18(6-7-28-15)21-5-4-17(12-22(21)26)11-19-13-20(14-29)24(23(25)16(19)2)30-9-8-27-3/h4-7,10,12-14,27H,8-9,11H2,1-3H3. The Hall–Kier alpha value is -2.76. The molecular formula is C24H24ClFN2O2. The highest BCUT2D eigenvalue weighted by Gasteiger charge is 2.16. The van der Waals surface area contributed by atoms with Crippen LogP contribution >= 0.6 is 11.6 Å². The van der Waals surface area contributed by atoms with Crippen molar-refractivity contribution >= 4 is 17.9 Å². The second-order valence-electron chi connectivity index (χ2n) is 7.14. The van der Waals surface area contributed by atoms with Crippen molar-refractivity contribution in [3.05, 3.63) is 81.4 Å². The maximum absolute atomic E-state index is 14.8. The van der Waals surface area contributed by atoms with E-state index in [0.717, 1.165) is 34.2 Å². The minimum Gasteiger partial charge on any atom is -0.490 e. The zero-order chi connectivity index (χ0) is 21.7. The maximum Gasteiger partial charge on any atom is 0.153 e. The van der Waals surface area contributed by atoms with Crippen molar-refractivity contribution in [2.75, 3.05) is 20.2 Å². The first kappa shape index (κ1) is 21.9. The molecule has 0 atom stereocenters. The SMILES string of the molecule is CNCCOc1c(C=O)cc(Cc2ccc(-c3ccnc(C)c3)c(F)c2)c(C)c1Cl. The largest absolute Gasteiger partial charge is 0.490 e. The van der Waals surface area contributed by atoms with E-state index in [1.807, 2.05) is 33.0 Å². The fourth-order valence-corrected chi connectivity index (χ4v) is 3.59. The lowest BCUT2D eigenvalue weighted by Gasteiger charge is -2.16. The van der Waals surface area contributed by atoms with Crippen molar-refractivity contribution in [2.24, 2.45) is 0 Å². The van der Waals surface area contributed by atoms with E-state index in [1.54, 1.807) is 24.4 Å². The van der Waals surface area contributed by atoms with Gasteiger partial charge in [0, 0.05) is 24.0 Å². The molecule has 156 valence electrons. The predicted molar refractivity (Wildman–Crippen MR) is 118 cm³/mol. The highest BCUT2D eigenvalue weighted by Crippen LogP contribution is 2.35. The van der Waals surface area contributed by atoms with Gasteiger partial charge in [-0.15, -0.1) is 0 Å². The summed E-state index contributed by atoms with van der Waals surface area (Å²) in [7, 11) is 1.82. The summed E-state index contributed by atoms with van der Waals surface area (Å²) in [6.07, 6.45) is 2.86. The molecule has 4 nitrogen and oxygen atoms in total. The third-order valence-corrected chi connectivity index (χ3v) is 5.42. The molecule has 0 amide bonds. The highest BCUT2D eigenvalue weighted by molar-refractivity contribution is 6.33. The number of carbonyl (C=O) groups excluding carboxylic acids is 1. The molecule has 0 bridgehead atoms. The average Bonchev–Trinajstić information content (AvgIpc) is 2.73. The molecule has 0 aliphatic carbocycles. The second-order valence-corrected chi connectivity index (χ2v) is 7.52. The molecular weight excluding hydrogens is 403 g/mol. The van der Waals surface area contributed by atoms with Gasteiger partial charge in [-0.1, -0.05) is 23.7 Å². The minimum atomic E-state index is -0.301. The normalized spacial score (nSPS) is 10.8. The van der Waals surface area contributed by atoms with E-state index in [1.165, 1.54) is 6.07 Å². The lowest BCUT2D eigenvalue weighted by Crippen LogP contribution is -2.17. The van der Waals surface area contributed by atoms with Crippen LogP contribution in [-0.4, -0.2) is 31.5 Å². The lowest BCUT2D eigenvalue weighted by molar-refractivity contribution is 0.111. The molecule has 3 aromatic rings. The summed E-state index contributed by atoms with van der Waals surface area (Å²) in [4.78, 5) is 15.7. The smallest absolute Gasteiger partial charge is 0.153 e. The van der Waals surface area contributed by atoms with Gasteiger partial charge in [-0.3, -0.25) is 9.78 Å². The van der Waals surface area contributed by atoms with E-state index in [0.29, 0.717) is 41.5 Å². The number of hydrogen-bond acceptors (Lipinski definition) is 4. The van der Waals surface area contributed by atoms with Gasteiger partial charge < -0.3 is 10.1 Å². The van der Waals surface area contributed by atoms with Gasteiger partial charge in [-0.05, 0) is 73.8 Å². The van der Waals surface area contributed by atoms with Crippen LogP contribution in [0, 0.1) is 19.7 Å². The van der Waals surface area contributed by atoms with Crippen molar-refractivity contribution in [3.63, 3.8) is 0 Å². The first-order valence-corrected chi connectivity index (χ1v) is 10.1. The fraction of sp³-hybridized carbons (Fsp3) is 0.250. The minimum absolute atomic E-state index is 0.301. The Morgan fingerprint density at radius 1 is 1.20 bits per heavy atom. The van der Waals surface area contributed by atoms with Crippen molar-refractivity contribution in [1.29, 1.82) is 0 Å². The average molecular weight is 427 g/mol. The quantitative estimate of drug-likeness (QED) is 0.399. The molecule has 1 N–H and O–H groups in total. The van der Waals surface area contributed by atoms with Gasteiger partial charge in [0.05, 0.1) is 10.6 Å². The molecule has 1 heterocycles. The number of halogens is 2. The zero-order valence-electron chi connectivity index (χ0n) is 17.3. The molecule has 0 aliphatic rings. The number of nitrogens with one attached hydrogen (secondary N) is 1. The summed E-state index contributed by atoms with van der Waals surface area (Å²) in [5.74, 6) is 0.0854. The van der Waals surface area contributed by atoms with Gasteiger partial charge in [0.25, 0.3) is 0 Å². The molecule has 0 saturated carbocycles. The predicted octanol–water partition coefficient (Wildman–Crippen LogP) is 5.16. The van der Waals surface area contributed by atoms with Crippen LogP contribution < -0.4 is 10.1 Å². The number of pyridine rings is 1. The van der Waals surface area contributed by atoms with Crippen LogP contribution in [0.25, 0.3) is 11.1 Å². The molecule has 3 rings (SSSR count). The van der Waals surface area contributed by atoms with Crippen LogP contribution in [-0.2, 0) is 6.42 Å². The van der Waals surface area contributed by atoms with Crippen LogP contribution in [0.3, 0.4) is 0 Å². The van der Waals surface area contributed by atoms with E-state index in [4.69, 9.17) is 16.3 Å². The molecule has 2 aromatic carbocycles. The van der Waals surface area contributed by atoms with Crippen molar-refractivity contribution in [1.82, 2.24) is 10.3 Å². The van der Waals surface area contributed by atoms with Crippen LogP contribution in [0.2, 0.25) is 5.02 Å². The highest BCUT2D eigenvalue weighted by atomic mass is 35.5. The second kappa shape index (κ2) is 9.83. The first-order valence-electron chi connectivity index (χ1n) is 9.70. The summed E-state index contributed by atoms with van der Waals surface area (Å²) in [6.45, 7) is 4.79. The number of benzene rings is 2. The van der Waals surface area contributed by atoms with Crippen LogP contribution in [0.5, 0.6) is 5.75 Å². The molecule has 0 spiro atoms. The number of likely N-dealkylation sites (N-methyl/N-ethyl adjacent to an activating group) is 1. The van der Waals surface area contributed by atoms with Crippen LogP contribution in [0.15, 0.2) is 42.6 Å². The van der Waals surface area contributed by atoms with Gasteiger partial charge in [-0.25, -0.2) is 4.39 Å². The summed E-state index contributed by atoms with van der Waals surface area (Å²) in [6, 6.07) is 10.6. The molecule has 0 unspecified atom stereocenters. The van der Waals surface area contributed by atoms with Gasteiger partial charge >= 0.3 is 0 Å². The van der Waals surface area contributed by atoms with E-state index in [9.17, 15) is 9.18 Å². The molecule has 0 radical (unpaired) electrons. The number of rotatable bonds is 8. The fourth-order valence-electron chi connectivity index (χ4n) is 3.31. The number of carbonyl (C=O) groups is 1. The van der Waals surface area contributed by atoms with Crippen molar-refractivity contribution < 1.29 is 13.9 Å². The van der Waals surface area contributed by atoms with Crippen LogP contribution in [0.1, 0.15) is 32.7 Å². The van der Waals surface area contributed by atoms with Gasteiger partial charge in [0.1, 0.15) is 18.2 Å². The molecule has 30 heavy (non-hydrogen) atoms. The lowest BCUT2D eigenvalue weighted by atomic mass is 9.96. The Balaban J connectivity index is 1.90. The zero-order valence-corrected chi connectivity index (χ0v) is 18.0. The van der Waals surface area contributed by atoms with E-state index in [-0.39, 0.29) is 5.82 Å². The Morgan fingerprint density at radius 3 is 2.67 bits per heavy atom. The number of hydrogen-bond donors (Lipinski definition) is 1. The molecule has 0 fully saturated rings. The number of nitrogens with zero attached hydrogens (tertiary/aromatic N) is 1. The number of ether oxygens (including phenoxy) is 1. The Morgan fingerprint density at radius 2 is 2.00 bits per heavy atom. The Kier molecular flexibility index (Phi) is 7.19. The molecule has 0 aliphatic heterocycles. The van der Waals surface area contributed by atoms with Crippen molar-refractivity contribution in [2.45, 2.75) is 20.3 Å². The van der Waals surface area contributed by atoms with Gasteiger partial charge in [-0.2, -0.15) is 0 Å². The molecule has 6 heteroatoms.